The highest BCUT2D eigenvalue weighted by Crippen LogP contribution is 2.17. The number of allylic oxidation sites excluding steroid dienone is 14. The van der Waals surface area contributed by atoms with Gasteiger partial charge in [-0.05, 0) is 109 Å². The Morgan fingerprint density at radius 1 is 0.259 bits per heavy atom. The Labute approximate surface area is 503 Å². The first-order chi connectivity index (χ1) is 40.0. The van der Waals surface area contributed by atoms with E-state index >= 15 is 0 Å². The maximum absolute atomic E-state index is 12.9. The van der Waals surface area contributed by atoms with Gasteiger partial charge in [0.15, 0.2) is 6.10 Å². The van der Waals surface area contributed by atoms with Gasteiger partial charge >= 0.3 is 17.9 Å². The third kappa shape index (κ3) is 67.3. The Hall–Kier alpha value is -3.41. The fraction of sp³-hybridized carbons (Fsp3) is 0.773. The monoisotopic (exact) mass is 1130 g/mol. The fourth-order valence-corrected chi connectivity index (χ4v) is 10.1. The van der Waals surface area contributed by atoms with Crippen LogP contribution in [-0.4, -0.2) is 37.2 Å². The van der Waals surface area contributed by atoms with Crippen LogP contribution in [0.1, 0.15) is 355 Å². The molecule has 6 nitrogen and oxygen atoms in total. The molecule has 0 fully saturated rings. The van der Waals surface area contributed by atoms with Gasteiger partial charge in [-0.1, -0.05) is 311 Å². The van der Waals surface area contributed by atoms with E-state index in [4.69, 9.17) is 14.2 Å². The van der Waals surface area contributed by atoms with Gasteiger partial charge in [0, 0.05) is 19.3 Å². The molecule has 0 saturated carbocycles. The van der Waals surface area contributed by atoms with Gasteiger partial charge in [0.1, 0.15) is 13.2 Å². The zero-order valence-electron chi connectivity index (χ0n) is 53.8. The first-order valence-electron chi connectivity index (χ1n) is 35.1. The number of hydrogen-bond acceptors (Lipinski definition) is 6. The highest BCUT2D eigenvalue weighted by Gasteiger charge is 2.19. The molecule has 468 valence electrons. The van der Waals surface area contributed by atoms with Crippen molar-refractivity contribution in [3.05, 3.63) is 85.1 Å². The molecule has 0 amide bonds. The van der Waals surface area contributed by atoms with E-state index in [1.54, 1.807) is 0 Å². The number of esters is 3. The number of unbranched alkanes of at least 4 members (excludes halogenated alkanes) is 39. The van der Waals surface area contributed by atoms with E-state index < -0.39 is 6.10 Å². The second kappa shape index (κ2) is 69.1. The van der Waals surface area contributed by atoms with Gasteiger partial charge in [0.05, 0.1) is 0 Å². The van der Waals surface area contributed by atoms with Crippen LogP contribution in [0.2, 0.25) is 0 Å². The predicted molar refractivity (Wildman–Crippen MR) is 353 cm³/mol. The van der Waals surface area contributed by atoms with Crippen LogP contribution in [0.4, 0.5) is 0 Å². The fourth-order valence-electron chi connectivity index (χ4n) is 10.1. The van der Waals surface area contributed by atoms with Crippen molar-refractivity contribution >= 4 is 17.9 Å². The summed E-state index contributed by atoms with van der Waals surface area (Å²) in [6.07, 6.45) is 91.9. The van der Waals surface area contributed by atoms with Crippen LogP contribution in [0.25, 0.3) is 0 Å². The van der Waals surface area contributed by atoms with Crippen LogP contribution >= 0.6 is 0 Å². The van der Waals surface area contributed by atoms with Gasteiger partial charge in [-0.3, -0.25) is 14.4 Å². The SMILES string of the molecule is CC/C=C\C/C=C\C/C=C\C/C=C\C/C=C\CCCCCCCCCCCC(=O)OC(COC(=O)CCCCCCC/C=C\CCCC)COC(=O)CCCCCCCCCCCCCCCCC/C=C\CCCCCCCCCC. The van der Waals surface area contributed by atoms with Gasteiger partial charge < -0.3 is 14.2 Å². The molecule has 0 aliphatic rings. The summed E-state index contributed by atoms with van der Waals surface area (Å²) in [6, 6.07) is 0. The standard InChI is InChI=1S/C75H132O6/c1-4-7-10-13-16-19-22-24-26-28-30-32-34-36-37-39-40-42-44-46-48-50-53-56-59-62-65-68-74(77)80-71-72(70-79-73(76)67-64-61-58-55-52-21-18-15-12-9-6-3)81-75(78)69-66-63-60-57-54-51-49-47-45-43-41-38-35-33-31-29-27-25-23-20-17-14-11-8-5-2/h8,11,15,17-18,20,25,27-28,30-31,33,38,41,72H,4-7,9-10,12-14,16,19,21-24,26,29,32,34-37,39-40,42-71H2,1-3H3/b11-8-,18-15-,20-17-,27-25-,30-28-,33-31-,41-38-. The summed E-state index contributed by atoms with van der Waals surface area (Å²) in [4.78, 5) is 38.4. The molecule has 6 heteroatoms. The van der Waals surface area contributed by atoms with Gasteiger partial charge in [-0.15, -0.1) is 0 Å². The summed E-state index contributed by atoms with van der Waals surface area (Å²) in [5.74, 6) is -0.880. The topological polar surface area (TPSA) is 78.9 Å². The first kappa shape index (κ1) is 77.6. The van der Waals surface area contributed by atoms with E-state index in [2.05, 4.69) is 106 Å². The highest BCUT2D eigenvalue weighted by molar-refractivity contribution is 5.71. The molecule has 0 heterocycles. The maximum Gasteiger partial charge on any atom is 0.306 e. The number of rotatable bonds is 64. The van der Waals surface area contributed by atoms with Crippen molar-refractivity contribution in [2.75, 3.05) is 13.2 Å². The van der Waals surface area contributed by atoms with Gasteiger partial charge in [-0.25, -0.2) is 0 Å². The van der Waals surface area contributed by atoms with Crippen molar-refractivity contribution in [2.45, 2.75) is 361 Å². The third-order valence-corrected chi connectivity index (χ3v) is 15.4. The summed E-state index contributed by atoms with van der Waals surface area (Å²) in [5, 5.41) is 0. The molecule has 0 N–H and O–H groups in total. The van der Waals surface area contributed by atoms with Gasteiger partial charge in [0.2, 0.25) is 0 Å². The smallest absolute Gasteiger partial charge is 0.306 e. The molecule has 81 heavy (non-hydrogen) atoms. The summed E-state index contributed by atoms with van der Waals surface area (Å²) >= 11 is 0. The number of carbonyl (C=O) groups excluding carboxylic acids is 3. The Kier molecular flexibility index (Phi) is 66.2. The van der Waals surface area contributed by atoms with Crippen molar-refractivity contribution in [2.24, 2.45) is 0 Å². The molecule has 0 bridgehead atoms. The second-order valence-electron chi connectivity index (χ2n) is 23.4. The quantitative estimate of drug-likeness (QED) is 0.0261. The molecule has 0 aliphatic carbocycles. The van der Waals surface area contributed by atoms with Crippen LogP contribution in [0.15, 0.2) is 85.1 Å². The highest BCUT2D eigenvalue weighted by atomic mass is 16.6. The Balaban J connectivity index is 4.22. The molecular formula is C75H132O6. The molecule has 1 unspecified atom stereocenters. The van der Waals surface area contributed by atoms with Crippen LogP contribution in [0, 0.1) is 0 Å². The minimum atomic E-state index is -0.784. The zero-order valence-corrected chi connectivity index (χ0v) is 53.8. The summed E-state index contributed by atoms with van der Waals surface area (Å²) in [6.45, 7) is 6.52. The van der Waals surface area contributed by atoms with Crippen molar-refractivity contribution in [3.63, 3.8) is 0 Å². The second-order valence-corrected chi connectivity index (χ2v) is 23.4. The molecule has 0 aromatic rings. The molecule has 0 aromatic carbocycles. The molecular weight excluding hydrogens is 997 g/mol. The van der Waals surface area contributed by atoms with E-state index in [9.17, 15) is 14.4 Å². The molecule has 0 spiro atoms. The predicted octanol–water partition coefficient (Wildman–Crippen LogP) is 24.2. The number of hydrogen-bond donors (Lipinski definition) is 0. The first-order valence-corrected chi connectivity index (χ1v) is 35.1. The average Bonchev–Trinajstić information content (AvgIpc) is 3.47. The third-order valence-electron chi connectivity index (χ3n) is 15.4. The Morgan fingerprint density at radius 2 is 0.494 bits per heavy atom. The molecule has 0 aliphatic heterocycles. The lowest BCUT2D eigenvalue weighted by Gasteiger charge is -2.18. The molecule has 0 radical (unpaired) electrons. The lowest BCUT2D eigenvalue weighted by molar-refractivity contribution is -0.167. The van der Waals surface area contributed by atoms with Crippen molar-refractivity contribution in [1.29, 1.82) is 0 Å². The molecule has 1 atom stereocenters. The molecule has 0 aromatic heterocycles. The Bertz CT molecular complexity index is 1530. The normalized spacial score (nSPS) is 12.6. The van der Waals surface area contributed by atoms with Crippen molar-refractivity contribution in [1.82, 2.24) is 0 Å². The molecule has 0 saturated heterocycles. The zero-order chi connectivity index (χ0) is 58.5. The Morgan fingerprint density at radius 3 is 0.802 bits per heavy atom. The van der Waals surface area contributed by atoms with Gasteiger partial charge in [-0.2, -0.15) is 0 Å². The summed E-state index contributed by atoms with van der Waals surface area (Å²) in [5.41, 5.74) is 0. The van der Waals surface area contributed by atoms with E-state index in [1.165, 1.54) is 212 Å². The summed E-state index contributed by atoms with van der Waals surface area (Å²) in [7, 11) is 0. The lowest BCUT2D eigenvalue weighted by Crippen LogP contribution is -2.30. The van der Waals surface area contributed by atoms with Crippen LogP contribution in [0.3, 0.4) is 0 Å². The minimum absolute atomic E-state index is 0.0790. The van der Waals surface area contributed by atoms with Crippen LogP contribution < -0.4 is 0 Å². The average molecular weight is 1130 g/mol. The maximum atomic E-state index is 12.9. The molecule has 0 rings (SSSR count). The number of ether oxygens (including phenoxy) is 3. The van der Waals surface area contributed by atoms with Gasteiger partial charge in [0.25, 0.3) is 0 Å². The minimum Gasteiger partial charge on any atom is -0.462 e. The lowest BCUT2D eigenvalue weighted by atomic mass is 10.0. The van der Waals surface area contributed by atoms with Crippen molar-refractivity contribution < 1.29 is 28.6 Å². The van der Waals surface area contributed by atoms with Crippen LogP contribution in [-0.2, 0) is 28.6 Å². The van der Waals surface area contributed by atoms with E-state index in [0.717, 1.165) is 103 Å². The summed E-state index contributed by atoms with van der Waals surface area (Å²) < 4.78 is 16.9. The van der Waals surface area contributed by atoms with E-state index in [0.29, 0.717) is 19.3 Å². The van der Waals surface area contributed by atoms with E-state index in [-0.39, 0.29) is 31.1 Å². The van der Waals surface area contributed by atoms with Crippen LogP contribution in [0.5, 0.6) is 0 Å². The largest absolute Gasteiger partial charge is 0.462 e. The number of carbonyl (C=O) groups is 3. The van der Waals surface area contributed by atoms with E-state index in [1.807, 2.05) is 0 Å². The van der Waals surface area contributed by atoms with Crippen molar-refractivity contribution in [3.8, 4) is 0 Å².